The van der Waals surface area contributed by atoms with E-state index in [1.54, 1.807) is 4.90 Å². The van der Waals surface area contributed by atoms with Crippen molar-refractivity contribution in [3.8, 4) is 11.8 Å². The number of ether oxygens (including phenoxy) is 3. The van der Waals surface area contributed by atoms with E-state index in [0.29, 0.717) is 6.61 Å². The van der Waals surface area contributed by atoms with Crippen LogP contribution in [0.5, 0.6) is 0 Å². The predicted molar refractivity (Wildman–Crippen MR) is 95.0 cm³/mol. The zero-order valence-electron chi connectivity index (χ0n) is 16.2. The highest BCUT2D eigenvalue weighted by Gasteiger charge is 2.55. The molecule has 1 amide bonds. The van der Waals surface area contributed by atoms with Crippen LogP contribution in [0, 0.1) is 11.8 Å². The standard InChI is InChI=1S/C20H31NO4/c1-18(2,3)25-17(22)21-15(14-23-19(21,4)5)11-13-20-12-9-7-6-8-10-16(20)24-20/h15-16H,6-10,12,14H2,1-5H3/t15-,16?,20?/m1/s1. The number of nitrogens with zero attached hydrogens (tertiary/aromatic N) is 1. The van der Waals surface area contributed by atoms with Gasteiger partial charge in [0.05, 0.1) is 12.7 Å². The number of carbonyl (C=O) groups is 1. The molecule has 1 saturated carbocycles. The molecule has 1 aliphatic carbocycles. The van der Waals surface area contributed by atoms with Crippen molar-refractivity contribution in [2.45, 2.75) is 102 Å². The van der Waals surface area contributed by atoms with Gasteiger partial charge in [0.1, 0.15) is 17.4 Å². The minimum absolute atomic E-state index is 0.269. The Labute approximate surface area is 151 Å². The Morgan fingerprint density at radius 3 is 2.64 bits per heavy atom. The molecular weight excluding hydrogens is 318 g/mol. The minimum atomic E-state index is -0.718. The molecule has 3 aliphatic rings. The summed E-state index contributed by atoms with van der Waals surface area (Å²) >= 11 is 0. The number of rotatable bonds is 0. The van der Waals surface area contributed by atoms with Crippen molar-refractivity contribution in [1.82, 2.24) is 4.90 Å². The molecule has 2 aliphatic heterocycles. The van der Waals surface area contributed by atoms with Gasteiger partial charge in [-0.1, -0.05) is 31.1 Å². The van der Waals surface area contributed by atoms with Crippen LogP contribution in [-0.2, 0) is 14.2 Å². The lowest BCUT2D eigenvalue weighted by Gasteiger charge is -2.33. The van der Waals surface area contributed by atoms with E-state index in [4.69, 9.17) is 14.2 Å². The summed E-state index contributed by atoms with van der Waals surface area (Å²) in [6.45, 7) is 9.76. The van der Waals surface area contributed by atoms with Crippen LogP contribution in [0.15, 0.2) is 0 Å². The molecule has 0 aromatic heterocycles. The van der Waals surface area contributed by atoms with Gasteiger partial charge in [-0.25, -0.2) is 4.79 Å². The molecule has 2 heterocycles. The number of epoxide rings is 1. The lowest BCUT2D eigenvalue weighted by molar-refractivity contribution is -0.0608. The molecular formula is C20H31NO4. The number of hydrogen-bond acceptors (Lipinski definition) is 4. The van der Waals surface area contributed by atoms with Crippen molar-refractivity contribution in [3.05, 3.63) is 0 Å². The van der Waals surface area contributed by atoms with Gasteiger partial charge in [0, 0.05) is 0 Å². The zero-order chi connectivity index (χ0) is 18.3. The van der Waals surface area contributed by atoms with E-state index >= 15 is 0 Å². The molecule has 0 aromatic carbocycles. The molecule has 0 bridgehead atoms. The Hall–Kier alpha value is -1.25. The van der Waals surface area contributed by atoms with Gasteiger partial charge < -0.3 is 14.2 Å². The molecule has 3 fully saturated rings. The topological polar surface area (TPSA) is 51.3 Å². The Kier molecular flexibility index (Phi) is 4.81. The monoisotopic (exact) mass is 349 g/mol. The summed E-state index contributed by atoms with van der Waals surface area (Å²) in [6.07, 6.45) is 6.91. The maximum Gasteiger partial charge on any atom is 0.413 e. The number of carbonyl (C=O) groups excluding carboxylic acids is 1. The van der Waals surface area contributed by atoms with E-state index < -0.39 is 11.3 Å². The molecule has 5 nitrogen and oxygen atoms in total. The van der Waals surface area contributed by atoms with Crippen molar-refractivity contribution >= 4 is 6.09 Å². The average molecular weight is 349 g/mol. The van der Waals surface area contributed by atoms with Gasteiger partial charge in [0.2, 0.25) is 0 Å². The molecule has 3 atom stereocenters. The molecule has 0 N–H and O–H groups in total. The molecule has 2 saturated heterocycles. The first kappa shape index (κ1) is 18.5. The van der Waals surface area contributed by atoms with Gasteiger partial charge in [-0.3, -0.25) is 4.90 Å². The predicted octanol–water partition coefficient (Wildman–Crippen LogP) is 3.85. The molecule has 25 heavy (non-hydrogen) atoms. The molecule has 0 radical (unpaired) electrons. The third kappa shape index (κ3) is 4.12. The van der Waals surface area contributed by atoms with E-state index in [-0.39, 0.29) is 23.8 Å². The SMILES string of the molecule is CC(C)(C)OC(=O)N1[C@H](C#CC23CCCCCCC2O3)COC1(C)C. The van der Waals surface area contributed by atoms with Crippen LogP contribution in [0.4, 0.5) is 4.79 Å². The maximum absolute atomic E-state index is 12.7. The Balaban J connectivity index is 1.74. The first-order valence-electron chi connectivity index (χ1n) is 9.50. The Morgan fingerprint density at radius 2 is 1.92 bits per heavy atom. The number of fused-ring (bicyclic) bond motifs is 1. The van der Waals surface area contributed by atoms with Gasteiger partial charge in [-0.15, -0.1) is 0 Å². The van der Waals surface area contributed by atoms with Crippen LogP contribution >= 0.6 is 0 Å². The van der Waals surface area contributed by atoms with Gasteiger partial charge >= 0.3 is 6.09 Å². The highest BCUT2D eigenvalue weighted by molar-refractivity contribution is 5.70. The number of amides is 1. The fourth-order valence-electron chi connectivity index (χ4n) is 3.75. The molecule has 5 heteroatoms. The molecule has 3 rings (SSSR count). The van der Waals surface area contributed by atoms with Gasteiger partial charge in [-0.05, 0) is 53.9 Å². The van der Waals surface area contributed by atoms with Gasteiger partial charge in [0.15, 0.2) is 5.60 Å². The van der Waals surface area contributed by atoms with Crippen LogP contribution in [0.1, 0.15) is 73.1 Å². The van der Waals surface area contributed by atoms with Crippen molar-refractivity contribution in [2.24, 2.45) is 0 Å². The zero-order valence-corrected chi connectivity index (χ0v) is 16.2. The van der Waals surface area contributed by atoms with E-state index in [2.05, 4.69) is 11.8 Å². The first-order valence-corrected chi connectivity index (χ1v) is 9.50. The fourth-order valence-corrected chi connectivity index (χ4v) is 3.75. The van der Waals surface area contributed by atoms with E-state index in [9.17, 15) is 4.79 Å². The summed E-state index contributed by atoms with van der Waals surface area (Å²) in [5, 5.41) is 0. The van der Waals surface area contributed by atoms with Crippen LogP contribution in [-0.4, -0.2) is 46.7 Å². The van der Waals surface area contributed by atoms with Crippen LogP contribution < -0.4 is 0 Å². The first-order chi connectivity index (χ1) is 11.6. The summed E-state index contributed by atoms with van der Waals surface area (Å²) in [5.41, 5.74) is -1.55. The van der Waals surface area contributed by atoms with E-state index in [1.807, 2.05) is 34.6 Å². The van der Waals surface area contributed by atoms with Crippen molar-refractivity contribution in [3.63, 3.8) is 0 Å². The largest absolute Gasteiger partial charge is 0.444 e. The lowest BCUT2D eigenvalue weighted by Crippen LogP contribution is -2.49. The third-order valence-electron chi connectivity index (χ3n) is 5.11. The second kappa shape index (κ2) is 6.48. The summed E-state index contributed by atoms with van der Waals surface area (Å²) < 4.78 is 17.3. The highest BCUT2D eigenvalue weighted by atomic mass is 16.6. The Morgan fingerprint density at radius 1 is 1.20 bits per heavy atom. The lowest BCUT2D eigenvalue weighted by atomic mass is 9.91. The maximum atomic E-state index is 12.7. The van der Waals surface area contributed by atoms with E-state index in [0.717, 1.165) is 19.3 Å². The van der Waals surface area contributed by atoms with Crippen LogP contribution in [0.3, 0.4) is 0 Å². The van der Waals surface area contributed by atoms with Crippen LogP contribution in [0.25, 0.3) is 0 Å². The third-order valence-corrected chi connectivity index (χ3v) is 5.11. The van der Waals surface area contributed by atoms with Gasteiger partial charge in [-0.2, -0.15) is 0 Å². The van der Waals surface area contributed by atoms with Crippen LogP contribution in [0.2, 0.25) is 0 Å². The smallest absolute Gasteiger partial charge is 0.413 e. The van der Waals surface area contributed by atoms with Crippen molar-refractivity contribution in [2.75, 3.05) is 6.61 Å². The second-order valence-corrected chi connectivity index (χ2v) is 8.84. The molecule has 2 unspecified atom stereocenters. The summed E-state index contributed by atoms with van der Waals surface area (Å²) in [4.78, 5) is 14.3. The number of hydrogen-bond donors (Lipinski definition) is 0. The summed E-state index contributed by atoms with van der Waals surface area (Å²) in [6, 6.07) is -0.297. The van der Waals surface area contributed by atoms with E-state index in [1.165, 1.54) is 19.3 Å². The molecule has 140 valence electrons. The minimum Gasteiger partial charge on any atom is -0.444 e. The molecule has 0 spiro atoms. The van der Waals surface area contributed by atoms with Gasteiger partial charge in [0.25, 0.3) is 0 Å². The highest BCUT2D eigenvalue weighted by Crippen LogP contribution is 2.45. The molecule has 0 aromatic rings. The van der Waals surface area contributed by atoms with Crippen molar-refractivity contribution in [1.29, 1.82) is 0 Å². The quantitative estimate of drug-likeness (QED) is 0.492. The second-order valence-electron chi connectivity index (χ2n) is 8.84. The average Bonchev–Trinajstić information content (AvgIpc) is 3.00. The fraction of sp³-hybridized carbons (Fsp3) is 0.850. The Bertz CT molecular complexity index is 583. The van der Waals surface area contributed by atoms with Crippen molar-refractivity contribution < 1.29 is 19.0 Å². The summed E-state index contributed by atoms with van der Waals surface area (Å²) in [5.74, 6) is 6.64. The normalized spacial score (nSPS) is 34.2. The summed E-state index contributed by atoms with van der Waals surface area (Å²) in [7, 11) is 0.